The summed E-state index contributed by atoms with van der Waals surface area (Å²) in [6, 6.07) is 2.31. The van der Waals surface area contributed by atoms with Crippen molar-refractivity contribution < 1.29 is 9.53 Å². The summed E-state index contributed by atoms with van der Waals surface area (Å²) in [5, 5.41) is 2.83. The van der Waals surface area contributed by atoms with Crippen LogP contribution in [0.3, 0.4) is 0 Å². The molecule has 2 aliphatic rings. The molecule has 120 valence electrons. The summed E-state index contributed by atoms with van der Waals surface area (Å²) in [6.07, 6.45) is 10.4. The molecule has 1 amide bonds. The number of ether oxygens (including phenoxy) is 1. The van der Waals surface area contributed by atoms with Gasteiger partial charge in [-0.3, -0.25) is 4.79 Å². The minimum Gasteiger partial charge on any atom is -0.467 e. The molecule has 1 fully saturated rings. The van der Waals surface area contributed by atoms with Gasteiger partial charge in [0.25, 0.3) is 5.91 Å². The van der Waals surface area contributed by atoms with Gasteiger partial charge in [-0.1, -0.05) is 6.08 Å². The van der Waals surface area contributed by atoms with E-state index in [1.807, 2.05) is 16.3 Å². The van der Waals surface area contributed by atoms with Gasteiger partial charge in [0.05, 0.1) is 5.39 Å². The molecule has 0 unspecified atom stereocenters. The topological polar surface area (TPSA) is 55.3 Å². The van der Waals surface area contributed by atoms with Crippen LogP contribution < -0.4 is 4.74 Å². The van der Waals surface area contributed by atoms with E-state index < -0.39 is 0 Å². The minimum absolute atomic E-state index is 0.0375. The molecule has 2 aromatic heterocycles. The van der Waals surface area contributed by atoms with Crippen LogP contribution in [0.1, 0.15) is 38.5 Å². The van der Waals surface area contributed by atoms with Crippen LogP contribution in [0.2, 0.25) is 0 Å². The number of carbonyl (C=O) groups excluding carboxylic acids is 1. The zero-order chi connectivity index (χ0) is 15.6. The van der Waals surface area contributed by atoms with Crippen LogP contribution in [0.15, 0.2) is 29.5 Å². The highest BCUT2D eigenvalue weighted by molar-refractivity contribution is 7.16. The Morgan fingerprint density at radius 3 is 3.04 bits per heavy atom. The highest BCUT2D eigenvalue weighted by atomic mass is 32.1. The molecule has 0 saturated heterocycles. The van der Waals surface area contributed by atoms with Crippen molar-refractivity contribution in [3.63, 3.8) is 0 Å². The molecule has 6 heteroatoms. The zero-order valence-electron chi connectivity index (χ0n) is 12.9. The van der Waals surface area contributed by atoms with E-state index in [-0.39, 0.29) is 12.5 Å². The van der Waals surface area contributed by atoms with Gasteiger partial charge in [0.1, 0.15) is 11.2 Å². The third-order valence-electron chi connectivity index (χ3n) is 4.31. The van der Waals surface area contributed by atoms with Crippen molar-refractivity contribution in [1.82, 2.24) is 14.9 Å². The minimum atomic E-state index is 0.0375. The molecular formula is C17H19N3O2S. The number of hydrogen-bond donors (Lipinski definition) is 0. The quantitative estimate of drug-likeness (QED) is 0.842. The number of amides is 1. The molecular weight excluding hydrogens is 310 g/mol. The second-order valence-corrected chi connectivity index (χ2v) is 6.94. The normalized spacial score (nSPS) is 17.8. The van der Waals surface area contributed by atoms with Crippen LogP contribution in [-0.2, 0) is 4.79 Å². The van der Waals surface area contributed by atoms with E-state index >= 15 is 0 Å². The maximum absolute atomic E-state index is 12.7. The van der Waals surface area contributed by atoms with Crippen molar-refractivity contribution >= 4 is 27.5 Å². The Bertz CT molecular complexity index is 751. The number of hydrogen-bond acceptors (Lipinski definition) is 5. The van der Waals surface area contributed by atoms with Gasteiger partial charge in [-0.15, -0.1) is 11.3 Å². The van der Waals surface area contributed by atoms with Crippen molar-refractivity contribution in [2.45, 2.75) is 44.6 Å². The molecule has 0 N–H and O–H groups in total. The van der Waals surface area contributed by atoms with Crippen LogP contribution in [0.5, 0.6) is 5.88 Å². The number of rotatable bonds is 5. The molecule has 0 aromatic carbocycles. The lowest BCUT2D eigenvalue weighted by atomic mass is 10.0. The van der Waals surface area contributed by atoms with Crippen molar-refractivity contribution in [3.05, 3.63) is 29.5 Å². The van der Waals surface area contributed by atoms with Gasteiger partial charge in [-0.05, 0) is 50.0 Å². The average Bonchev–Trinajstić information content (AvgIpc) is 3.29. The molecule has 2 heterocycles. The highest BCUT2D eigenvalue weighted by Gasteiger charge is 2.35. The molecule has 0 atom stereocenters. The largest absolute Gasteiger partial charge is 0.467 e. The van der Waals surface area contributed by atoms with Crippen LogP contribution in [-0.4, -0.2) is 33.4 Å². The van der Waals surface area contributed by atoms with Crippen LogP contribution in [0, 0.1) is 0 Å². The smallest absolute Gasteiger partial charge is 0.264 e. The van der Waals surface area contributed by atoms with E-state index in [2.05, 4.69) is 16.0 Å². The summed E-state index contributed by atoms with van der Waals surface area (Å²) in [5.41, 5.74) is 1.19. The number of fused-ring (bicyclic) bond motifs is 1. The van der Waals surface area contributed by atoms with Crippen LogP contribution >= 0.6 is 11.3 Å². The molecule has 0 spiro atoms. The van der Waals surface area contributed by atoms with Crippen LogP contribution in [0.4, 0.5) is 0 Å². The molecule has 1 saturated carbocycles. The maximum Gasteiger partial charge on any atom is 0.264 e. The van der Waals surface area contributed by atoms with Gasteiger partial charge in [0.2, 0.25) is 5.88 Å². The van der Waals surface area contributed by atoms with Crippen molar-refractivity contribution in [2.75, 3.05) is 6.61 Å². The molecule has 0 radical (unpaired) electrons. The Hall–Kier alpha value is -1.95. The van der Waals surface area contributed by atoms with Crippen molar-refractivity contribution in [2.24, 2.45) is 0 Å². The number of carbonyl (C=O) groups is 1. The fourth-order valence-electron chi connectivity index (χ4n) is 3.05. The average molecular weight is 329 g/mol. The number of allylic oxidation sites excluding steroid dienone is 2. The van der Waals surface area contributed by atoms with Gasteiger partial charge < -0.3 is 9.64 Å². The van der Waals surface area contributed by atoms with Gasteiger partial charge >= 0.3 is 0 Å². The summed E-state index contributed by atoms with van der Waals surface area (Å²) < 4.78 is 5.73. The first kappa shape index (κ1) is 14.6. The Balaban J connectivity index is 1.48. The second-order valence-electron chi connectivity index (χ2n) is 6.04. The fourth-order valence-corrected chi connectivity index (χ4v) is 3.78. The van der Waals surface area contributed by atoms with Gasteiger partial charge in [0.15, 0.2) is 6.61 Å². The van der Waals surface area contributed by atoms with Crippen molar-refractivity contribution in [3.8, 4) is 5.88 Å². The Morgan fingerprint density at radius 1 is 1.35 bits per heavy atom. The third-order valence-corrected chi connectivity index (χ3v) is 5.14. The predicted molar refractivity (Wildman–Crippen MR) is 89.3 cm³/mol. The first-order chi connectivity index (χ1) is 11.3. The molecule has 23 heavy (non-hydrogen) atoms. The number of aromatic nitrogens is 2. The molecule has 0 aliphatic heterocycles. The van der Waals surface area contributed by atoms with Gasteiger partial charge in [-0.25, -0.2) is 9.97 Å². The standard InChI is InChI=1S/C17H19N3O2S/c21-15(20(13-6-7-13)12-4-2-1-3-5-12)10-22-16-14-8-9-23-17(14)19-11-18-16/h4,8-9,11,13H,1-3,5-7,10H2. The first-order valence-electron chi connectivity index (χ1n) is 8.15. The molecule has 0 bridgehead atoms. The lowest BCUT2D eigenvalue weighted by molar-refractivity contribution is -0.132. The fraction of sp³-hybridized carbons (Fsp3) is 0.471. The van der Waals surface area contributed by atoms with Crippen molar-refractivity contribution in [1.29, 1.82) is 0 Å². The third kappa shape index (κ3) is 3.08. The molecule has 2 aliphatic carbocycles. The molecule has 4 rings (SSSR count). The highest BCUT2D eigenvalue weighted by Crippen LogP contribution is 2.34. The van der Waals surface area contributed by atoms with E-state index in [0.717, 1.165) is 35.9 Å². The Kier molecular flexibility index (Phi) is 3.99. The van der Waals surface area contributed by atoms with Crippen LogP contribution in [0.25, 0.3) is 10.2 Å². The SMILES string of the molecule is O=C(COc1ncnc2sccc12)N(C1=CCCCC1)C1CC1. The van der Waals surface area contributed by atoms with E-state index in [4.69, 9.17) is 4.74 Å². The predicted octanol–water partition coefficient (Wildman–Crippen LogP) is 3.52. The number of nitrogens with zero attached hydrogens (tertiary/aromatic N) is 3. The summed E-state index contributed by atoms with van der Waals surface area (Å²) >= 11 is 1.54. The summed E-state index contributed by atoms with van der Waals surface area (Å²) in [4.78, 5) is 23.9. The Labute approximate surface area is 139 Å². The van der Waals surface area contributed by atoms with E-state index in [1.165, 1.54) is 24.9 Å². The van der Waals surface area contributed by atoms with E-state index in [9.17, 15) is 4.79 Å². The summed E-state index contributed by atoms with van der Waals surface area (Å²) in [6.45, 7) is 0.0375. The lowest BCUT2D eigenvalue weighted by Gasteiger charge is -2.27. The van der Waals surface area contributed by atoms with Gasteiger partial charge in [0, 0.05) is 11.7 Å². The maximum atomic E-state index is 12.7. The summed E-state index contributed by atoms with van der Waals surface area (Å²) in [5.74, 6) is 0.542. The van der Waals surface area contributed by atoms with E-state index in [0.29, 0.717) is 11.9 Å². The molecule has 2 aromatic rings. The monoisotopic (exact) mass is 329 g/mol. The van der Waals surface area contributed by atoms with E-state index in [1.54, 1.807) is 11.3 Å². The second kappa shape index (κ2) is 6.28. The van der Waals surface area contributed by atoms with Gasteiger partial charge in [-0.2, -0.15) is 0 Å². The molecule has 5 nitrogen and oxygen atoms in total. The summed E-state index contributed by atoms with van der Waals surface area (Å²) in [7, 11) is 0. The number of thiophene rings is 1. The zero-order valence-corrected chi connectivity index (χ0v) is 13.7. The first-order valence-corrected chi connectivity index (χ1v) is 9.03. The Morgan fingerprint density at radius 2 is 2.26 bits per heavy atom. The lowest BCUT2D eigenvalue weighted by Crippen LogP contribution is -2.36.